The minimum Gasteiger partial charge on any atom is -0.486 e. The molecule has 0 saturated carbocycles. The SMILES string of the molecule is C[C@@H]1COC[C@H]2COc3cnc(Cl)nc3N21. The van der Waals surface area contributed by atoms with Crippen LogP contribution in [-0.2, 0) is 4.74 Å². The first-order valence-electron chi connectivity index (χ1n) is 5.27. The average molecular weight is 242 g/mol. The van der Waals surface area contributed by atoms with Gasteiger partial charge < -0.3 is 14.4 Å². The van der Waals surface area contributed by atoms with Gasteiger partial charge >= 0.3 is 0 Å². The molecule has 16 heavy (non-hydrogen) atoms. The van der Waals surface area contributed by atoms with Gasteiger partial charge in [0.15, 0.2) is 11.6 Å². The van der Waals surface area contributed by atoms with E-state index in [0.29, 0.717) is 25.6 Å². The summed E-state index contributed by atoms with van der Waals surface area (Å²) in [5, 5.41) is 0.252. The number of ether oxygens (including phenoxy) is 2. The maximum atomic E-state index is 5.82. The molecule has 1 fully saturated rings. The predicted octanol–water partition coefficient (Wildman–Crippen LogP) is 1.12. The number of fused-ring (bicyclic) bond motifs is 3. The smallest absolute Gasteiger partial charge is 0.224 e. The molecule has 0 radical (unpaired) electrons. The Labute approximate surface area is 98.3 Å². The zero-order valence-corrected chi connectivity index (χ0v) is 9.65. The summed E-state index contributed by atoms with van der Waals surface area (Å²) in [7, 11) is 0. The van der Waals surface area contributed by atoms with E-state index in [1.165, 1.54) is 0 Å². The third-order valence-corrected chi connectivity index (χ3v) is 3.10. The summed E-state index contributed by atoms with van der Waals surface area (Å²) in [5.74, 6) is 1.49. The second-order valence-electron chi connectivity index (χ2n) is 4.09. The van der Waals surface area contributed by atoms with E-state index in [-0.39, 0.29) is 17.4 Å². The third-order valence-electron chi connectivity index (χ3n) is 2.92. The highest BCUT2D eigenvalue weighted by atomic mass is 35.5. The molecule has 1 aromatic rings. The van der Waals surface area contributed by atoms with Crippen LogP contribution in [-0.4, -0.2) is 41.9 Å². The van der Waals surface area contributed by atoms with Crippen LogP contribution >= 0.6 is 11.6 Å². The van der Waals surface area contributed by atoms with Crippen molar-refractivity contribution in [3.63, 3.8) is 0 Å². The van der Waals surface area contributed by atoms with Crippen LogP contribution in [0.3, 0.4) is 0 Å². The molecule has 0 aliphatic carbocycles. The van der Waals surface area contributed by atoms with Crippen molar-refractivity contribution in [2.75, 3.05) is 24.7 Å². The molecule has 86 valence electrons. The van der Waals surface area contributed by atoms with Crippen molar-refractivity contribution >= 4 is 17.4 Å². The fourth-order valence-corrected chi connectivity index (χ4v) is 2.35. The van der Waals surface area contributed by atoms with Gasteiger partial charge in [-0.2, -0.15) is 4.98 Å². The van der Waals surface area contributed by atoms with Gasteiger partial charge in [0.2, 0.25) is 5.28 Å². The molecule has 1 aromatic heterocycles. The van der Waals surface area contributed by atoms with Gasteiger partial charge in [0.1, 0.15) is 6.61 Å². The topological polar surface area (TPSA) is 47.5 Å². The van der Waals surface area contributed by atoms with E-state index in [1.807, 2.05) is 0 Å². The van der Waals surface area contributed by atoms with E-state index < -0.39 is 0 Å². The summed E-state index contributed by atoms with van der Waals surface area (Å²) in [4.78, 5) is 10.4. The van der Waals surface area contributed by atoms with E-state index >= 15 is 0 Å². The maximum absolute atomic E-state index is 5.82. The Bertz CT molecular complexity index is 415. The summed E-state index contributed by atoms with van der Waals surface area (Å²) in [6, 6.07) is 0.509. The Morgan fingerprint density at radius 2 is 2.31 bits per heavy atom. The second-order valence-corrected chi connectivity index (χ2v) is 4.42. The highest BCUT2D eigenvalue weighted by molar-refractivity contribution is 6.28. The Hall–Kier alpha value is -1.07. The van der Waals surface area contributed by atoms with Gasteiger partial charge in [0.05, 0.1) is 31.5 Å². The lowest BCUT2D eigenvalue weighted by Gasteiger charge is -2.44. The lowest BCUT2D eigenvalue weighted by molar-refractivity contribution is 0.0486. The highest BCUT2D eigenvalue weighted by Crippen LogP contribution is 2.34. The van der Waals surface area contributed by atoms with Crippen LogP contribution in [0.15, 0.2) is 6.20 Å². The predicted molar refractivity (Wildman–Crippen MR) is 59.1 cm³/mol. The summed E-state index contributed by atoms with van der Waals surface area (Å²) in [6.45, 7) is 4.10. The number of halogens is 1. The standard InChI is InChI=1S/C10H12ClN3O2/c1-6-3-15-4-7-5-16-8-2-12-10(11)13-9(8)14(6)7/h2,6-7H,3-5H2,1H3/t6-,7+/m1/s1. The molecule has 1 saturated heterocycles. The van der Waals surface area contributed by atoms with Crippen LogP contribution in [0.2, 0.25) is 5.28 Å². The molecular formula is C10H12ClN3O2. The van der Waals surface area contributed by atoms with Gasteiger partial charge in [-0.25, -0.2) is 4.98 Å². The molecule has 6 heteroatoms. The van der Waals surface area contributed by atoms with Gasteiger partial charge in [-0.05, 0) is 18.5 Å². The van der Waals surface area contributed by atoms with Crippen LogP contribution < -0.4 is 9.64 Å². The number of morpholine rings is 1. The normalized spacial score (nSPS) is 28.0. The largest absolute Gasteiger partial charge is 0.486 e. The van der Waals surface area contributed by atoms with Crippen molar-refractivity contribution in [3.8, 4) is 5.75 Å². The van der Waals surface area contributed by atoms with E-state index in [1.54, 1.807) is 6.20 Å². The summed E-state index contributed by atoms with van der Waals surface area (Å²) in [5.41, 5.74) is 0. The first-order valence-corrected chi connectivity index (χ1v) is 5.65. The van der Waals surface area contributed by atoms with Crippen LogP contribution in [0, 0.1) is 0 Å². The van der Waals surface area contributed by atoms with Crippen molar-refractivity contribution in [1.29, 1.82) is 0 Å². The molecule has 0 unspecified atom stereocenters. The van der Waals surface area contributed by atoms with Crippen molar-refractivity contribution in [1.82, 2.24) is 9.97 Å². The lowest BCUT2D eigenvalue weighted by Crippen LogP contribution is -2.56. The number of hydrogen-bond donors (Lipinski definition) is 0. The van der Waals surface area contributed by atoms with Crippen LogP contribution in [0.25, 0.3) is 0 Å². The fourth-order valence-electron chi connectivity index (χ4n) is 2.22. The minimum atomic E-state index is 0.224. The monoisotopic (exact) mass is 241 g/mol. The van der Waals surface area contributed by atoms with Gasteiger partial charge in [0.25, 0.3) is 0 Å². The Morgan fingerprint density at radius 1 is 1.44 bits per heavy atom. The molecule has 3 heterocycles. The van der Waals surface area contributed by atoms with E-state index in [0.717, 1.165) is 5.82 Å². The number of nitrogens with zero attached hydrogens (tertiary/aromatic N) is 3. The second kappa shape index (κ2) is 3.75. The van der Waals surface area contributed by atoms with Crippen molar-refractivity contribution in [3.05, 3.63) is 11.5 Å². The molecule has 5 nitrogen and oxygen atoms in total. The Balaban J connectivity index is 2.04. The Kier molecular flexibility index (Phi) is 2.37. The number of anilines is 1. The summed E-state index contributed by atoms with van der Waals surface area (Å²) >= 11 is 5.82. The van der Waals surface area contributed by atoms with Crippen LogP contribution in [0.1, 0.15) is 6.92 Å². The number of aromatic nitrogens is 2. The summed E-state index contributed by atoms with van der Waals surface area (Å²) in [6.07, 6.45) is 1.63. The molecule has 0 bridgehead atoms. The molecular weight excluding hydrogens is 230 g/mol. The van der Waals surface area contributed by atoms with Gasteiger partial charge in [-0.1, -0.05) is 0 Å². The van der Waals surface area contributed by atoms with Crippen LogP contribution in [0.5, 0.6) is 5.75 Å². The third kappa shape index (κ3) is 1.51. The zero-order chi connectivity index (χ0) is 11.1. The minimum absolute atomic E-state index is 0.224. The van der Waals surface area contributed by atoms with Gasteiger partial charge in [-0.3, -0.25) is 0 Å². The highest BCUT2D eigenvalue weighted by Gasteiger charge is 2.35. The zero-order valence-electron chi connectivity index (χ0n) is 8.89. The molecule has 0 aromatic carbocycles. The lowest BCUT2D eigenvalue weighted by atomic mass is 10.1. The van der Waals surface area contributed by atoms with Crippen molar-refractivity contribution in [2.45, 2.75) is 19.0 Å². The fraction of sp³-hybridized carbons (Fsp3) is 0.600. The van der Waals surface area contributed by atoms with E-state index in [2.05, 4.69) is 21.8 Å². The average Bonchev–Trinajstić information content (AvgIpc) is 2.28. The first kappa shape index (κ1) is 10.1. The molecule has 0 amide bonds. The van der Waals surface area contributed by atoms with E-state index in [9.17, 15) is 0 Å². The summed E-state index contributed by atoms with van der Waals surface area (Å²) < 4.78 is 11.1. The first-order chi connectivity index (χ1) is 7.75. The molecule has 3 rings (SSSR count). The molecule has 2 aliphatic heterocycles. The number of rotatable bonds is 0. The quantitative estimate of drug-likeness (QED) is 0.637. The van der Waals surface area contributed by atoms with Crippen molar-refractivity contribution in [2.24, 2.45) is 0 Å². The molecule has 2 atom stereocenters. The van der Waals surface area contributed by atoms with E-state index in [4.69, 9.17) is 21.1 Å². The molecule has 0 spiro atoms. The maximum Gasteiger partial charge on any atom is 0.224 e. The Morgan fingerprint density at radius 3 is 3.19 bits per heavy atom. The van der Waals surface area contributed by atoms with Crippen molar-refractivity contribution < 1.29 is 9.47 Å². The molecule has 2 aliphatic rings. The van der Waals surface area contributed by atoms with Gasteiger partial charge in [0, 0.05) is 0 Å². The van der Waals surface area contributed by atoms with Gasteiger partial charge in [-0.15, -0.1) is 0 Å². The number of hydrogen-bond acceptors (Lipinski definition) is 5. The van der Waals surface area contributed by atoms with Crippen LogP contribution in [0.4, 0.5) is 5.82 Å². The molecule has 0 N–H and O–H groups in total.